The standard InChI is InChI=1S/C17H32N4O5/c1-17(2,3)26-16(24)19-11-13-7-5-6-9-21(13)12-14(22)20-15(23)18-8-10-25-4/h13H,5-12H2,1-4H3,(H,19,24)(H2,18,20,22,23)/t13-/m1/s1. The van der Waals surface area contributed by atoms with Gasteiger partial charge >= 0.3 is 12.1 Å². The highest BCUT2D eigenvalue weighted by molar-refractivity contribution is 5.95. The van der Waals surface area contributed by atoms with Gasteiger partial charge in [-0.1, -0.05) is 6.42 Å². The van der Waals surface area contributed by atoms with Crippen molar-refractivity contribution >= 4 is 18.0 Å². The Balaban J connectivity index is 2.41. The van der Waals surface area contributed by atoms with Gasteiger partial charge in [0.05, 0.1) is 13.2 Å². The molecule has 1 fully saturated rings. The average molecular weight is 372 g/mol. The Morgan fingerprint density at radius 3 is 2.54 bits per heavy atom. The molecule has 0 spiro atoms. The summed E-state index contributed by atoms with van der Waals surface area (Å²) in [6.45, 7) is 7.40. The van der Waals surface area contributed by atoms with Crippen LogP contribution < -0.4 is 16.0 Å². The van der Waals surface area contributed by atoms with E-state index in [-0.39, 0.29) is 18.5 Å². The van der Waals surface area contributed by atoms with Gasteiger partial charge in [-0.25, -0.2) is 9.59 Å². The third-order valence-corrected chi connectivity index (χ3v) is 3.82. The number of urea groups is 1. The molecular formula is C17H32N4O5. The zero-order valence-electron chi connectivity index (χ0n) is 16.2. The monoisotopic (exact) mass is 372 g/mol. The van der Waals surface area contributed by atoms with Gasteiger partial charge in [0.25, 0.3) is 0 Å². The Hall–Kier alpha value is -1.87. The largest absolute Gasteiger partial charge is 0.444 e. The van der Waals surface area contributed by atoms with Gasteiger partial charge in [0, 0.05) is 26.2 Å². The molecule has 4 amide bonds. The van der Waals surface area contributed by atoms with Crippen LogP contribution in [-0.4, -0.2) is 74.5 Å². The van der Waals surface area contributed by atoms with Crippen molar-refractivity contribution in [3.8, 4) is 0 Å². The average Bonchev–Trinajstić information content (AvgIpc) is 2.52. The zero-order chi connectivity index (χ0) is 19.6. The van der Waals surface area contributed by atoms with Gasteiger partial charge in [0.15, 0.2) is 0 Å². The number of carbonyl (C=O) groups excluding carboxylic acids is 3. The first-order valence-electron chi connectivity index (χ1n) is 8.99. The number of rotatable bonds is 7. The quantitative estimate of drug-likeness (QED) is 0.572. The first-order chi connectivity index (χ1) is 12.2. The Kier molecular flexibility index (Phi) is 9.36. The SMILES string of the molecule is COCCNC(=O)NC(=O)CN1CCCC[C@@H]1CNC(=O)OC(C)(C)C. The highest BCUT2D eigenvalue weighted by Crippen LogP contribution is 2.16. The van der Waals surface area contributed by atoms with Gasteiger partial charge in [0.2, 0.25) is 5.91 Å². The fourth-order valence-corrected chi connectivity index (χ4v) is 2.68. The van der Waals surface area contributed by atoms with E-state index in [0.717, 1.165) is 25.8 Å². The van der Waals surface area contributed by atoms with Gasteiger partial charge in [-0.2, -0.15) is 0 Å². The molecule has 9 nitrogen and oxygen atoms in total. The summed E-state index contributed by atoms with van der Waals surface area (Å²) in [7, 11) is 1.53. The Morgan fingerprint density at radius 2 is 1.88 bits per heavy atom. The predicted octanol–water partition coefficient (Wildman–Crippen LogP) is 0.838. The van der Waals surface area contributed by atoms with Crippen LogP contribution in [0.15, 0.2) is 0 Å². The normalized spacial score (nSPS) is 18.1. The highest BCUT2D eigenvalue weighted by atomic mass is 16.6. The number of amides is 4. The second-order valence-corrected chi connectivity index (χ2v) is 7.30. The highest BCUT2D eigenvalue weighted by Gasteiger charge is 2.26. The summed E-state index contributed by atoms with van der Waals surface area (Å²) in [4.78, 5) is 37.5. The lowest BCUT2D eigenvalue weighted by atomic mass is 10.0. The number of methoxy groups -OCH3 is 1. The van der Waals surface area contributed by atoms with Crippen LogP contribution in [-0.2, 0) is 14.3 Å². The lowest BCUT2D eigenvalue weighted by molar-refractivity contribution is -0.122. The van der Waals surface area contributed by atoms with Crippen LogP contribution in [0.5, 0.6) is 0 Å². The Bertz CT molecular complexity index is 478. The molecule has 1 rings (SSSR count). The number of ether oxygens (including phenoxy) is 2. The van der Waals surface area contributed by atoms with Gasteiger partial charge in [-0.05, 0) is 40.2 Å². The minimum absolute atomic E-state index is 0.0403. The molecule has 0 aromatic carbocycles. The molecule has 1 saturated heterocycles. The minimum atomic E-state index is -0.549. The van der Waals surface area contributed by atoms with Crippen LogP contribution in [0, 0.1) is 0 Å². The lowest BCUT2D eigenvalue weighted by Gasteiger charge is -2.35. The Labute approximate surface area is 155 Å². The predicted molar refractivity (Wildman–Crippen MR) is 96.9 cm³/mol. The minimum Gasteiger partial charge on any atom is -0.444 e. The fourth-order valence-electron chi connectivity index (χ4n) is 2.68. The van der Waals surface area contributed by atoms with Crippen LogP contribution in [0.1, 0.15) is 40.0 Å². The van der Waals surface area contributed by atoms with Crippen molar-refractivity contribution in [2.45, 2.75) is 51.7 Å². The molecule has 3 N–H and O–H groups in total. The van der Waals surface area contributed by atoms with E-state index in [2.05, 4.69) is 16.0 Å². The third kappa shape index (κ3) is 9.57. The number of nitrogens with zero attached hydrogens (tertiary/aromatic N) is 1. The molecule has 0 aromatic heterocycles. The maximum atomic E-state index is 12.1. The lowest BCUT2D eigenvalue weighted by Crippen LogP contribution is -2.52. The van der Waals surface area contributed by atoms with E-state index in [0.29, 0.717) is 19.7 Å². The number of hydrogen-bond donors (Lipinski definition) is 3. The molecule has 1 aliphatic heterocycles. The molecule has 9 heteroatoms. The number of nitrogens with one attached hydrogen (secondary N) is 3. The molecular weight excluding hydrogens is 340 g/mol. The molecule has 0 saturated carbocycles. The molecule has 1 atom stereocenters. The Morgan fingerprint density at radius 1 is 1.15 bits per heavy atom. The van der Waals surface area contributed by atoms with Crippen molar-refractivity contribution in [1.29, 1.82) is 0 Å². The summed E-state index contributed by atoms with van der Waals surface area (Å²) >= 11 is 0. The molecule has 0 aliphatic carbocycles. The van der Waals surface area contributed by atoms with E-state index in [1.807, 2.05) is 25.7 Å². The zero-order valence-corrected chi connectivity index (χ0v) is 16.2. The van der Waals surface area contributed by atoms with Gasteiger partial charge in [-0.3, -0.25) is 15.0 Å². The molecule has 1 heterocycles. The van der Waals surface area contributed by atoms with Crippen molar-refractivity contribution in [1.82, 2.24) is 20.9 Å². The van der Waals surface area contributed by atoms with Crippen molar-refractivity contribution in [2.75, 3.05) is 39.9 Å². The van der Waals surface area contributed by atoms with Gasteiger partial charge < -0.3 is 20.1 Å². The second-order valence-electron chi connectivity index (χ2n) is 7.30. The van der Waals surface area contributed by atoms with Gasteiger partial charge in [0.1, 0.15) is 5.60 Å². The van der Waals surface area contributed by atoms with E-state index >= 15 is 0 Å². The summed E-state index contributed by atoms with van der Waals surface area (Å²) in [5, 5.41) is 7.60. The summed E-state index contributed by atoms with van der Waals surface area (Å²) in [5.74, 6) is -0.371. The molecule has 0 aromatic rings. The van der Waals surface area contributed by atoms with Crippen molar-refractivity contribution < 1.29 is 23.9 Å². The molecule has 0 bridgehead atoms. The molecule has 0 unspecified atom stereocenters. The van der Waals surface area contributed by atoms with Crippen molar-refractivity contribution in [3.05, 3.63) is 0 Å². The van der Waals surface area contributed by atoms with Crippen LogP contribution in [0.4, 0.5) is 9.59 Å². The first-order valence-corrected chi connectivity index (χ1v) is 8.99. The number of alkyl carbamates (subject to hydrolysis) is 1. The number of imide groups is 1. The maximum absolute atomic E-state index is 12.1. The summed E-state index contributed by atoms with van der Waals surface area (Å²) in [5.41, 5.74) is -0.549. The maximum Gasteiger partial charge on any atom is 0.407 e. The van der Waals surface area contributed by atoms with E-state index in [9.17, 15) is 14.4 Å². The van der Waals surface area contributed by atoms with Crippen LogP contribution in [0.2, 0.25) is 0 Å². The first kappa shape index (κ1) is 22.2. The summed E-state index contributed by atoms with van der Waals surface area (Å²) < 4.78 is 10.1. The molecule has 150 valence electrons. The summed E-state index contributed by atoms with van der Waals surface area (Å²) in [6.07, 6.45) is 2.43. The number of piperidine rings is 1. The van der Waals surface area contributed by atoms with E-state index in [4.69, 9.17) is 9.47 Å². The van der Waals surface area contributed by atoms with Crippen LogP contribution in [0.3, 0.4) is 0 Å². The summed E-state index contributed by atoms with van der Waals surface area (Å²) in [6, 6.07) is -0.494. The van der Waals surface area contributed by atoms with E-state index in [1.165, 1.54) is 7.11 Å². The molecule has 1 aliphatic rings. The smallest absolute Gasteiger partial charge is 0.407 e. The van der Waals surface area contributed by atoms with Crippen LogP contribution >= 0.6 is 0 Å². The number of hydrogen-bond acceptors (Lipinski definition) is 6. The van der Waals surface area contributed by atoms with E-state index in [1.54, 1.807) is 0 Å². The number of likely N-dealkylation sites (tertiary alicyclic amines) is 1. The van der Waals surface area contributed by atoms with Crippen molar-refractivity contribution in [2.24, 2.45) is 0 Å². The van der Waals surface area contributed by atoms with Crippen LogP contribution in [0.25, 0.3) is 0 Å². The topological polar surface area (TPSA) is 109 Å². The molecule has 26 heavy (non-hydrogen) atoms. The van der Waals surface area contributed by atoms with E-state index < -0.39 is 17.7 Å². The number of carbonyl (C=O) groups is 3. The van der Waals surface area contributed by atoms with Gasteiger partial charge in [-0.15, -0.1) is 0 Å². The second kappa shape index (κ2) is 11.0. The third-order valence-electron chi connectivity index (χ3n) is 3.82. The fraction of sp³-hybridized carbons (Fsp3) is 0.824. The van der Waals surface area contributed by atoms with Crippen molar-refractivity contribution in [3.63, 3.8) is 0 Å². The molecule has 0 radical (unpaired) electrons.